The monoisotopic (exact) mass is 362 g/mol. The quantitative estimate of drug-likeness (QED) is 0.506. The van der Waals surface area contributed by atoms with E-state index in [-0.39, 0.29) is 5.41 Å². The maximum Gasteiger partial charge on any atom is 0.0487 e. The lowest BCUT2D eigenvalue weighted by Crippen LogP contribution is -2.48. The summed E-state index contributed by atoms with van der Waals surface area (Å²) in [6.07, 6.45) is 14.8. The van der Waals surface area contributed by atoms with Crippen LogP contribution in [0.1, 0.15) is 107 Å². The minimum absolute atomic E-state index is 0.159. The number of allylic oxidation sites excluding steroid dienone is 4. The largest absolute Gasteiger partial charge is 0.396 e. The molecule has 26 heavy (non-hydrogen) atoms. The molecule has 0 aliphatic heterocycles. The third-order valence-corrected chi connectivity index (χ3v) is 6.07. The highest BCUT2D eigenvalue weighted by molar-refractivity contribution is 5.37. The first-order chi connectivity index (χ1) is 12.0. The molecule has 3 rings (SSSR count). The van der Waals surface area contributed by atoms with Crippen LogP contribution in [0.3, 0.4) is 0 Å². The summed E-state index contributed by atoms with van der Waals surface area (Å²) in [5.41, 5.74) is 4.39. The Morgan fingerprint density at radius 2 is 1.65 bits per heavy atom. The lowest BCUT2D eigenvalue weighted by Gasteiger charge is -2.56. The van der Waals surface area contributed by atoms with E-state index < -0.39 is 0 Å². The molecule has 0 heterocycles. The van der Waals surface area contributed by atoms with E-state index in [1.165, 1.54) is 51.4 Å². The summed E-state index contributed by atoms with van der Waals surface area (Å²) in [7, 11) is 0. The van der Waals surface area contributed by atoms with Gasteiger partial charge in [0.2, 0.25) is 0 Å². The summed E-state index contributed by atoms with van der Waals surface area (Å²) >= 11 is 0. The lowest BCUT2D eigenvalue weighted by atomic mass is 9.49. The molecule has 0 aromatic carbocycles. The van der Waals surface area contributed by atoms with Gasteiger partial charge in [0.05, 0.1) is 0 Å². The first kappa shape index (κ1) is 23.5. The third-order valence-electron chi connectivity index (χ3n) is 6.07. The average molecular weight is 363 g/mol. The SMILES string of the molecule is CC(C)(C)C.CC1(CO)CCCC2(C)C3=C(C=CCC3)CCC12.CCC. The molecular weight excluding hydrogens is 316 g/mol. The minimum Gasteiger partial charge on any atom is -0.396 e. The van der Waals surface area contributed by atoms with E-state index in [0.717, 1.165) is 0 Å². The zero-order chi connectivity index (χ0) is 20.0. The van der Waals surface area contributed by atoms with Gasteiger partial charge in [-0.2, -0.15) is 0 Å². The van der Waals surface area contributed by atoms with Gasteiger partial charge in [0.15, 0.2) is 0 Å². The molecule has 3 atom stereocenters. The first-order valence-electron chi connectivity index (χ1n) is 11.0. The molecule has 0 aromatic rings. The zero-order valence-electron chi connectivity index (χ0n) is 19.0. The maximum absolute atomic E-state index is 9.87. The normalized spacial score (nSPS) is 33.2. The van der Waals surface area contributed by atoms with E-state index in [2.05, 4.69) is 67.5 Å². The van der Waals surface area contributed by atoms with Crippen LogP contribution in [0.25, 0.3) is 0 Å². The highest BCUT2D eigenvalue weighted by Crippen LogP contribution is 2.60. The number of aliphatic hydroxyl groups excluding tert-OH is 1. The second-order valence-electron chi connectivity index (χ2n) is 10.8. The molecular formula is C25H46O. The summed E-state index contributed by atoms with van der Waals surface area (Å²) in [6, 6.07) is 0. The van der Waals surface area contributed by atoms with E-state index >= 15 is 0 Å². The Labute approximate surface area is 164 Å². The molecule has 0 bridgehead atoms. The van der Waals surface area contributed by atoms with Gasteiger partial charge in [-0.25, -0.2) is 0 Å². The molecule has 1 saturated carbocycles. The molecule has 1 fully saturated rings. The Morgan fingerprint density at radius 1 is 1.08 bits per heavy atom. The van der Waals surface area contributed by atoms with Crippen LogP contribution < -0.4 is 0 Å². The van der Waals surface area contributed by atoms with Gasteiger partial charge >= 0.3 is 0 Å². The molecule has 0 spiro atoms. The maximum atomic E-state index is 9.87. The second kappa shape index (κ2) is 9.58. The first-order valence-corrected chi connectivity index (χ1v) is 11.0. The van der Waals surface area contributed by atoms with Crippen molar-refractivity contribution in [1.29, 1.82) is 0 Å². The number of hydrogen-bond donors (Lipinski definition) is 1. The Kier molecular flexibility index (Phi) is 8.65. The fourth-order valence-corrected chi connectivity index (χ4v) is 5.10. The van der Waals surface area contributed by atoms with Gasteiger partial charge in [0, 0.05) is 6.61 Å². The fraction of sp³-hybridized carbons (Fsp3) is 0.840. The van der Waals surface area contributed by atoms with Gasteiger partial charge in [-0.15, -0.1) is 0 Å². The summed E-state index contributed by atoms with van der Waals surface area (Å²) in [6.45, 7) is 18.2. The van der Waals surface area contributed by atoms with Crippen molar-refractivity contribution in [3.63, 3.8) is 0 Å². The van der Waals surface area contributed by atoms with E-state index in [0.29, 0.717) is 23.4 Å². The predicted molar refractivity (Wildman–Crippen MR) is 116 cm³/mol. The van der Waals surface area contributed by atoms with Gasteiger partial charge in [-0.1, -0.05) is 86.0 Å². The van der Waals surface area contributed by atoms with E-state index in [4.69, 9.17) is 0 Å². The number of hydrogen-bond acceptors (Lipinski definition) is 1. The highest BCUT2D eigenvalue weighted by atomic mass is 16.3. The van der Waals surface area contributed by atoms with Crippen LogP contribution in [0, 0.1) is 22.2 Å². The van der Waals surface area contributed by atoms with Crippen molar-refractivity contribution in [2.24, 2.45) is 22.2 Å². The minimum atomic E-state index is 0.159. The molecule has 1 N–H and O–H groups in total. The summed E-state index contributed by atoms with van der Waals surface area (Å²) in [5, 5.41) is 9.87. The number of aliphatic hydroxyl groups is 1. The van der Waals surface area contributed by atoms with Gasteiger partial charge in [-0.05, 0) is 66.3 Å². The van der Waals surface area contributed by atoms with Crippen LogP contribution in [-0.2, 0) is 0 Å². The summed E-state index contributed by atoms with van der Waals surface area (Å²) in [4.78, 5) is 0. The van der Waals surface area contributed by atoms with Crippen LogP contribution in [0.2, 0.25) is 0 Å². The van der Waals surface area contributed by atoms with Crippen molar-refractivity contribution < 1.29 is 5.11 Å². The Hall–Kier alpha value is -0.560. The van der Waals surface area contributed by atoms with Crippen molar-refractivity contribution >= 4 is 0 Å². The number of rotatable bonds is 1. The second-order valence-corrected chi connectivity index (χ2v) is 10.8. The molecule has 0 aromatic heterocycles. The van der Waals surface area contributed by atoms with Crippen molar-refractivity contribution in [2.45, 2.75) is 107 Å². The van der Waals surface area contributed by atoms with Crippen molar-refractivity contribution in [1.82, 2.24) is 0 Å². The summed E-state index contributed by atoms with van der Waals surface area (Å²) in [5.74, 6) is 0.689. The van der Waals surface area contributed by atoms with E-state index in [1.807, 2.05) is 0 Å². The molecule has 1 heteroatoms. The van der Waals surface area contributed by atoms with Crippen LogP contribution in [0.5, 0.6) is 0 Å². The Morgan fingerprint density at radius 3 is 2.19 bits per heavy atom. The molecule has 1 nitrogen and oxygen atoms in total. The van der Waals surface area contributed by atoms with Gasteiger partial charge in [0.25, 0.3) is 0 Å². The summed E-state index contributed by atoms with van der Waals surface area (Å²) < 4.78 is 0. The van der Waals surface area contributed by atoms with Gasteiger partial charge in [-0.3, -0.25) is 0 Å². The van der Waals surface area contributed by atoms with Crippen LogP contribution in [0.4, 0.5) is 0 Å². The smallest absolute Gasteiger partial charge is 0.0487 e. The van der Waals surface area contributed by atoms with Gasteiger partial charge < -0.3 is 5.11 Å². The highest BCUT2D eigenvalue weighted by Gasteiger charge is 2.51. The van der Waals surface area contributed by atoms with Crippen molar-refractivity contribution in [2.75, 3.05) is 6.61 Å². The molecule has 0 radical (unpaired) electrons. The van der Waals surface area contributed by atoms with Crippen LogP contribution >= 0.6 is 0 Å². The van der Waals surface area contributed by atoms with Crippen LogP contribution in [-0.4, -0.2) is 11.7 Å². The zero-order valence-corrected chi connectivity index (χ0v) is 19.0. The van der Waals surface area contributed by atoms with Crippen molar-refractivity contribution in [3.8, 4) is 0 Å². The predicted octanol–water partition coefficient (Wildman–Crippen LogP) is 7.70. The Bertz CT molecular complexity index is 487. The average Bonchev–Trinajstić information content (AvgIpc) is 2.54. The van der Waals surface area contributed by atoms with E-state index in [9.17, 15) is 5.11 Å². The van der Waals surface area contributed by atoms with Crippen molar-refractivity contribution in [3.05, 3.63) is 23.3 Å². The Balaban J connectivity index is 0.000000361. The third kappa shape index (κ3) is 5.98. The lowest BCUT2D eigenvalue weighted by molar-refractivity contribution is -0.0386. The standard InChI is InChI=1S/C17H26O.C5H12.C3H8/c1-16(12-18)10-5-11-17(2)14-7-4-3-6-13(14)8-9-15(16)17;1-5(2,3)4;1-3-2/h3,6,15,18H,4-5,7-12H2,1-2H3;1-4H3;3H2,1-2H3. The van der Waals surface area contributed by atoms with Gasteiger partial charge in [0.1, 0.15) is 0 Å². The molecule has 0 amide bonds. The van der Waals surface area contributed by atoms with E-state index in [1.54, 1.807) is 11.1 Å². The van der Waals surface area contributed by atoms with Crippen LogP contribution in [0.15, 0.2) is 23.3 Å². The molecule has 152 valence electrons. The molecule has 3 aliphatic rings. The molecule has 3 unspecified atom stereocenters. The topological polar surface area (TPSA) is 20.2 Å². The number of fused-ring (bicyclic) bond motifs is 2. The molecule has 0 saturated heterocycles. The fourth-order valence-electron chi connectivity index (χ4n) is 5.10. The molecule has 3 aliphatic carbocycles.